The van der Waals surface area contributed by atoms with Crippen LogP contribution in [0, 0.1) is 11.8 Å². The number of phosphoric ester groups is 2. The van der Waals surface area contributed by atoms with Crippen molar-refractivity contribution in [2.75, 3.05) is 39.6 Å². The number of hydrogen-bond donors (Lipinski definition) is 3. The van der Waals surface area contributed by atoms with Gasteiger partial charge in [-0.1, -0.05) is 330 Å². The maximum absolute atomic E-state index is 13.1. The Morgan fingerprint density at radius 1 is 0.312 bits per heavy atom. The van der Waals surface area contributed by atoms with Crippen LogP contribution in [0.5, 0.6) is 0 Å². The summed E-state index contributed by atoms with van der Waals surface area (Å²) >= 11 is 0. The van der Waals surface area contributed by atoms with Gasteiger partial charge in [0.05, 0.1) is 26.4 Å². The van der Waals surface area contributed by atoms with Crippen molar-refractivity contribution in [3.8, 4) is 0 Å². The van der Waals surface area contributed by atoms with Gasteiger partial charge in [-0.3, -0.25) is 37.3 Å². The van der Waals surface area contributed by atoms with E-state index in [2.05, 4.69) is 41.5 Å². The lowest BCUT2D eigenvalue weighted by Crippen LogP contribution is -2.30. The zero-order valence-electron chi connectivity index (χ0n) is 60.6. The van der Waals surface area contributed by atoms with Crippen molar-refractivity contribution in [2.24, 2.45) is 11.8 Å². The van der Waals surface area contributed by atoms with Gasteiger partial charge in [0.15, 0.2) is 12.2 Å². The molecular formula is C74H144O17P2. The summed E-state index contributed by atoms with van der Waals surface area (Å²) in [4.78, 5) is 72.5. The van der Waals surface area contributed by atoms with E-state index in [1.54, 1.807) is 0 Å². The zero-order chi connectivity index (χ0) is 68.6. The minimum atomic E-state index is -4.95. The number of aliphatic hydroxyl groups is 1. The van der Waals surface area contributed by atoms with Crippen molar-refractivity contribution in [3.05, 3.63) is 0 Å². The molecule has 6 atom stereocenters. The van der Waals surface area contributed by atoms with Gasteiger partial charge in [0.2, 0.25) is 0 Å². The highest BCUT2D eigenvalue weighted by Gasteiger charge is 2.30. The van der Waals surface area contributed by atoms with E-state index in [9.17, 15) is 43.2 Å². The molecule has 0 radical (unpaired) electrons. The number of aliphatic hydroxyl groups excluding tert-OH is 1. The van der Waals surface area contributed by atoms with Crippen molar-refractivity contribution in [2.45, 2.75) is 400 Å². The number of esters is 4. The quantitative estimate of drug-likeness (QED) is 0.0222. The summed E-state index contributed by atoms with van der Waals surface area (Å²) in [5.41, 5.74) is 0. The lowest BCUT2D eigenvalue weighted by Gasteiger charge is -2.21. The van der Waals surface area contributed by atoms with E-state index in [0.717, 1.165) is 95.8 Å². The predicted octanol–water partition coefficient (Wildman–Crippen LogP) is 21.6. The molecule has 0 saturated heterocycles. The van der Waals surface area contributed by atoms with Crippen LogP contribution in [0.1, 0.15) is 382 Å². The second kappa shape index (κ2) is 66.0. The minimum Gasteiger partial charge on any atom is -0.462 e. The van der Waals surface area contributed by atoms with Gasteiger partial charge in [-0.2, -0.15) is 0 Å². The van der Waals surface area contributed by atoms with Crippen LogP contribution in [-0.4, -0.2) is 96.7 Å². The molecule has 0 aliphatic carbocycles. The number of carbonyl (C=O) groups excluding carboxylic acids is 4. The molecule has 3 unspecified atom stereocenters. The molecule has 0 amide bonds. The van der Waals surface area contributed by atoms with Crippen molar-refractivity contribution in [1.29, 1.82) is 0 Å². The van der Waals surface area contributed by atoms with Gasteiger partial charge >= 0.3 is 39.5 Å². The standard InChI is InChI=1S/C74H144O17P2/c1-7-10-12-14-16-18-19-26-30-34-38-45-51-57-72(77)85-62-69(90-73(78)58-52-46-39-35-31-28-25-23-21-20-22-24-27-29-33-36-43-49-55-67(6)9-3)64-88-92(80,81)86-60-68(75)61-87-93(82,83)89-65-70(91-74(79)59-53-47-41-40-42-48-54-66(4)5)63-84-71(76)56-50-44-37-32-17-15-13-11-8-2/h66-70,75H,7-65H2,1-6H3,(H,80,81)(H,82,83)/t67?,68-,69-,70-/m1/s1. The van der Waals surface area contributed by atoms with E-state index in [4.69, 9.17) is 37.0 Å². The summed E-state index contributed by atoms with van der Waals surface area (Å²) in [6, 6.07) is 0. The van der Waals surface area contributed by atoms with Gasteiger partial charge in [0, 0.05) is 25.7 Å². The number of hydrogen-bond acceptors (Lipinski definition) is 15. The molecule has 0 aliphatic rings. The first-order chi connectivity index (χ1) is 44.9. The van der Waals surface area contributed by atoms with E-state index >= 15 is 0 Å². The van der Waals surface area contributed by atoms with Crippen molar-refractivity contribution >= 4 is 39.5 Å². The van der Waals surface area contributed by atoms with Crippen LogP contribution in [0.2, 0.25) is 0 Å². The molecule has 0 bridgehead atoms. The van der Waals surface area contributed by atoms with Crippen molar-refractivity contribution in [3.63, 3.8) is 0 Å². The average Bonchev–Trinajstić information content (AvgIpc) is 1.70. The fourth-order valence-electron chi connectivity index (χ4n) is 11.3. The average molecular weight is 1370 g/mol. The van der Waals surface area contributed by atoms with Gasteiger partial charge < -0.3 is 33.8 Å². The van der Waals surface area contributed by atoms with Crippen LogP contribution in [0.15, 0.2) is 0 Å². The van der Waals surface area contributed by atoms with Gasteiger partial charge in [0.25, 0.3) is 0 Å². The maximum atomic E-state index is 13.1. The Morgan fingerprint density at radius 3 is 0.817 bits per heavy atom. The molecule has 552 valence electrons. The topological polar surface area (TPSA) is 237 Å². The Balaban J connectivity index is 5.15. The Bertz CT molecular complexity index is 1810. The number of phosphoric acid groups is 2. The summed E-state index contributed by atoms with van der Waals surface area (Å²) in [7, 11) is -9.90. The lowest BCUT2D eigenvalue weighted by molar-refractivity contribution is -0.161. The molecule has 93 heavy (non-hydrogen) atoms. The molecule has 0 aromatic heterocycles. The second-order valence-corrected chi connectivity index (χ2v) is 30.3. The molecule has 19 heteroatoms. The third kappa shape index (κ3) is 67.0. The van der Waals surface area contributed by atoms with E-state index in [0.29, 0.717) is 31.6 Å². The molecule has 0 fully saturated rings. The monoisotopic (exact) mass is 1370 g/mol. The Hall–Kier alpha value is -1.94. The van der Waals surface area contributed by atoms with E-state index in [1.165, 1.54) is 199 Å². The molecule has 0 aromatic carbocycles. The molecule has 0 aliphatic heterocycles. The molecule has 0 saturated carbocycles. The van der Waals surface area contributed by atoms with E-state index in [-0.39, 0.29) is 25.7 Å². The van der Waals surface area contributed by atoms with Gasteiger partial charge in [-0.25, -0.2) is 9.13 Å². The fraction of sp³-hybridized carbons (Fsp3) is 0.946. The largest absolute Gasteiger partial charge is 0.472 e. The lowest BCUT2D eigenvalue weighted by atomic mass is 9.99. The SMILES string of the molecule is CCCCCCCCCCCCCCCC(=O)OC[C@H](COP(=O)(O)OC[C@@H](O)COP(=O)(O)OC[C@@H](COC(=O)CCCCCCCCCCC)OC(=O)CCCCCCCCC(C)C)OC(=O)CCCCCCCCCCCCCCCCCCCCC(C)CC. The summed E-state index contributed by atoms with van der Waals surface area (Å²) in [5, 5.41) is 10.6. The molecule has 0 heterocycles. The molecule has 0 spiro atoms. The van der Waals surface area contributed by atoms with Crippen LogP contribution in [-0.2, 0) is 65.4 Å². The predicted molar refractivity (Wildman–Crippen MR) is 377 cm³/mol. The Kier molecular flexibility index (Phi) is 64.6. The smallest absolute Gasteiger partial charge is 0.462 e. The first kappa shape index (κ1) is 91.1. The molecule has 3 N–H and O–H groups in total. The molecule has 17 nitrogen and oxygen atoms in total. The molecular weight excluding hydrogens is 1220 g/mol. The minimum absolute atomic E-state index is 0.102. The summed E-state index contributed by atoms with van der Waals surface area (Å²) in [5.74, 6) is -0.584. The summed E-state index contributed by atoms with van der Waals surface area (Å²) in [6.45, 7) is 9.53. The van der Waals surface area contributed by atoms with Gasteiger partial charge in [0.1, 0.15) is 19.3 Å². The first-order valence-electron chi connectivity index (χ1n) is 38.5. The van der Waals surface area contributed by atoms with Gasteiger partial charge in [-0.05, 0) is 37.5 Å². The highest BCUT2D eigenvalue weighted by atomic mass is 31.2. The van der Waals surface area contributed by atoms with E-state index < -0.39 is 97.5 Å². The maximum Gasteiger partial charge on any atom is 0.472 e. The van der Waals surface area contributed by atoms with Crippen LogP contribution in [0.3, 0.4) is 0 Å². The highest BCUT2D eigenvalue weighted by molar-refractivity contribution is 7.47. The third-order valence-corrected chi connectivity index (χ3v) is 19.5. The highest BCUT2D eigenvalue weighted by Crippen LogP contribution is 2.45. The van der Waals surface area contributed by atoms with Crippen LogP contribution in [0.25, 0.3) is 0 Å². The third-order valence-electron chi connectivity index (χ3n) is 17.6. The number of unbranched alkanes of at least 4 members (excludes halogenated alkanes) is 42. The van der Waals surface area contributed by atoms with E-state index in [1.807, 2.05) is 0 Å². The van der Waals surface area contributed by atoms with Crippen LogP contribution < -0.4 is 0 Å². The normalized spacial score (nSPS) is 14.3. The number of ether oxygens (including phenoxy) is 4. The number of carbonyl (C=O) groups is 4. The Labute approximate surface area is 568 Å². The van der Waals surface area contributed by atoms with Crippen LogP contribution >= 0.6 is 15.6 Å². The summed E-state index contributed by atoms with van der Waals surface area (Å²) in [6.07, 6.45) is 53.0. The van der Waals surface area contributed by atoms with Crippen LogP contribution in [0.4, 0.5) is 0 Å². The fourth-order valence-corrected chi connectivity index (χ4v) is 12.8. The molecule has 0 aromatic rings. The molecule has 0 rings (SSSR count). The second-order valence-electron chi connectivity index (χ2n) is 27.4. The van der Waals surface area contributed by atoms with Crippen molar-refractivity contribution in [1.82, 2.24) is 0 Å². The van der Waals surface area contributed by atoms with Gasteiger partial charge in [-0.15, -0.1) is 0 Å². The zero-order valence-corrected chi connectivity index (χ0v) is 62.3. The van der Waals surface area contributed by atoms with Crippen molar-refractivity contribution < 1.29 is 80.2 Å². The number of rotatable bonds is 73. The first-order valence-corrected chi connectivity index (χ1v) is 41.5. The summed E-state index contributed by atoms with van der Waals surface area (Å²) < 4.78 is 68.3. The Morgan fingerprint density at radius 2 is 0.548 bits per heavy atom.